The average molecular weight is 384 g/mol. The molecule has 5 nitrogen and oxygen atoms in total. The molecule has 0 heterocycles. The van der Waals surface area contributed by atoms with Crippen LogP contribution in [0.1, 0.15) is 42.7 Å². The smallest absolute Gasteiger partial charge is 0.333 e. The molecule has 1 aliphatic rings. The lowest BCUT2D eigenvalue weighted by atomic mass is 9.98. The van der Waals surface area contributed by atoms with Gasteiger partial charge in [0.15, 0.2) is 6.10 Å². The standard InChI is InChI=1S/C23H28O5/c1-26-22(23(24)25)16-17-6-10-20(11-7-17)27-14-15-28-21-12-8-19(9-13-21)18-4-2-3-5-18/h6-13,18,22H,2-5,14-16H2,1H3,(H,24,25)/t22-/m0/s1. The van der Waals surface area contributed by atoms with E-state index in [4.69, 9.17) is 19.3 Å². The van der Waals surface area contributed by atoms with Crippen LogP contribution in [0.4, 0.5) is 0 Å². The quantitative estimate of drug-likeness (QED) is 0.613. The average Bonchev–Trinajstić information content (AvgIpc) is 3.25. The molecule has 0 spiro atoms. The molecule has 1 saturated carbocycles. The fourth-order valence-corrected chi connectivity index (χ4v) is 3.62. The van der Waals surface area contributed by atoms with Crippen LogP contribution in [0, 0.1) is 0 Å². The molecule has 0 saturated heterocycles. The fourth-order valence-electron chi connectivity index (χ4n) is 3.62. The van der Waals surface area contributed by atoms with Gasteiger partial charge in [0, 0.05) is 13.5 Å². The first-order valence-corrected chi connectivity index (χ1v) is 9.86. The molecule has 2 aromatic carbocycles. The first-order chi connectivity index (χ1) is 13.7. The van der Waals surface area contributed by atoms with E-state index in [0.717, 1.165) is 23.0 Å². The monoisotopic (exact) mass is 384 g/mol. The summed E-state index contributed by atoms with van der Waals surface area (Å²) in [7, 11) is 1.40. The lowest BCUT2D eigenvalue weighted by Crippen LogP contribution is -2.24. The molecular formula is C23H28O5. The topological polar surface area (TPSA) is 65.0 Å². The number of ether oxygens (including phenoxy) is 3. The number of hydrogen-bond acceptors (Lipinski definition) is 4. The Morgan fingerprint density at radius 3 is 2.00 bits per heavy atom. The molecule has 0 aromatic heterocycles. The minimum Gasteiger partial charge on any atom is -0.490 e. The van der Waals surface area contributed by atoms with Crippen molar-refractivity contribution in [1.29, 1.82) is 0 Å². The number of carboxylic acids is 1. The fraction of sp³-hybridized carbons (Fsp3) is 0.435. The van der Waals surface area contributed by atoms with Gasteiger partial charge in [-0.15, -0.1) is 0 Å². The molecule has 0 amide bonds. The number of benzene rings is 2. The lowest BCUT2D eigenvalue weighted by molar-refractivity contribution is -0.148. The van der Waals surface area contributed by atoms with Crippen LogP contribution in [0.3, 0.4) is 0 Å². The molecule has 1 atom stereocenters. The maximum atomic E-state index is 11.0. The van der Waals surface area contributed by atoms with Crippen LogP contribution in [-0.2, 0) is 16.0 Å². The van der Waals surface area contributed by atoms with E-state index >= 15 is 0 Å². The second-order valence-electron chi connectivity index (χ2n) is 7.16. The van der Waals surface area contributed by atoms with Gasteiger partial charge in [-0.2, -0.15) is 0 Å². The van der Waals surface area contributed by atoms with Crippen molar-refractivity contribution in [2.24, 2.45) is 0 Å². The van der Waals surface area contributed by atoms with E-state index in [1.54, 1.807) is 0 Å². The summed E-state index contributed by atoms with van der Waals surface area (Å²) in [6, 6.07) is 15.8. The molecular weight excluding hydrogens is 356 g/mol. The van der Waals surface area contributed by atoms with E-state index < -0.39 is 12.1 Å². The molecule has 1 fully saturated rings. The van der Waals surface area contributed by atoms with Crippen molar-refractivity contribution >= 4 is 5.97 Å². The Bertz CT molecular complexity index is 733. The van der Waals surface area contributed by atoms with E-state index in [1.807, 2.05) is 36.4 Å². The van der Waals surface area contributed by atoms with Crippen LogP contribution in [0.5, 0.6) is 11.5 Å². The summed E-state index contributed by atoms with van der Waals surface area (Å²) in [5, 5.41) is 9.03. The van der Waals surface area contributed by atoms with Crippen molar-refractivity contribution in [3.05, 3.63) is 59.7 Å². The highest BCUT2D eigenvalue weighted by molar-refractivity contribution is 5.72. The number of carbonyl (C=O) groups is 1. The minimum absolute atomic E-state index is 0.325. The molecule has 28 heavy (non-hydrogen) atoms. The Kier molecular flexibility index (Phi) is 7.31. The first-order valence-electron chi connectivity index (χ1n) is 9.86. The molecule has 0 unspecified atom stereocenters. The van der Waals surface area contributed by atoms with Crippen LogP contribution in [-0.4, -0.2) is 37.5 Å². The molecule has 1 aliphatic carbocycles. The SMILES string of the molecule is CO[C@@H](Cc1ccc(OCCOc2ccc(C3CCCC3)cc2)cc1)C(=O)O. The lowest BCUT2D eigenvalue weighted by Gasteiger charge is -2.12. The molecule has 1 N–H and O–H groups in total. The van der Waals surface area contributed by atoms with E-state index in [0.29, 0.717) is 19.6 Å². The first kappa shape index (κ1) is 20.2. The molecule has 2 aromatic rings. The number of carboxylic acid groups (broad SMARTS) is 1. The zero-order valence-electron chi connectivity index (χ0n) is 16.3. The Morgan fingerprint density at radius 2 is 1.50 bits per heavy atom. The summed E-state index contributed by atoms with van der Waals surface area (Å²) in [5.74, 6) is 1.35. The zero-order chi connectivity index (χ0) is 19.8. The maximum absolute atomic E-state index is 11.0. The van der Waals surface area contributed by atoms with Gasteiger partial charge in [-0.1, -0.05) is 37.1 Å². The summed E-state index contributed by atoms with van der Waals surface area (Å²) in [6.07, 6.45) is 4.78. The van der Waals surface area contributed by atoms with Gasteiger partial charge in [0.25, 0.3) is 0 Å². The number of hydrogen-bond donors (Lipinski definition) is 1. The third kappa shape index (κ3) is 5.73. The number of methoxy groups -OCH3 is 1. The maximum Gasteiger partial charge on any atom is 0.333 e. The predicted octanol–water partition coefficient (Wildman–Crippen LogP) is 4.44. The normalized spacial score (nSPS) is 15.3. The highest BCUT2D eigenvalue weighted by Crippen LogP contribution is 2.34. The number of aliphatic carboxylic acids is 1. The zero-order valence-corrected chi connectivity index (χ0v) is 16.3. The molecule has 0 aliphatic heterocycles. The summed E-state index contributed by atoms with van der Waals surface area (Å²) in [6.45, 7) is 0.912. The van der Waals surface area contributed by atoms with Gasteiger partial charge in [-0.05, 0) is 54.2 Å². The Balaban J connectivity index is 1.39. The van der Waals surface area contributed by atoms with Gasteiger partial charge in [-0.25, -0.2) is 4.79 Å². The highest BCUT2D eigenvalue weighted by atomic mass is 16.5. The third-order valence-electron chi connectivity index (χ3n) is 5.23. The molecule has 5 heteroatoms. The summed E-state index contributed by atoms with van der Waals surface area (Å²) < 4.78 is 16.4. The molecule has 150 valence electrons. The van der Waals surface area contributed by atoms with Crippen molar-refractivity contribution in [3.63, 3.8) is 0 Å². The van der Waals surface area contributed by atoms with Crippen LogP contribution in [0.2, 0.25) is 0 Å². The van der Waals surface area contributed by atoms with Crippen LogP contribution < -0.4 is 9.47 Å². The van der Waals surface area contributed by atoms with Gasteiger partial charge < -0.3 is 19.3 Å². The second-order valence-corrected chi connectivity index (χ2v) is 7.16. The van der Waals surface area contributed by atoms with E-state index in [9.17, 15) is 4.79 Å². The Labute approximate surface area is 166 Å². The Morgan fingerprint density at radius 1 is 0.964 bits per heavy atom. The van der Waals surface area contributed by atoms with Crippen molar-refractivity contribution in [2.45, 2.75) is 44.1 Å². The van der Waals surface area contributed by atoms with Gasteiger partial charge in [0.2, 0.25) is 0 Å². The third-order valence-corrected chi connectivity index (χ3v) is 5.23. The Hall–Kier alpha value is -2.53. The van der Waals surface area contributed by atoms with E-state index in [1.165, 1.54) is 38.4 Å². The van der Waals surface area contributed by atoms with Gasteiger partial charge in [0.05, 0.1) is 0 Å². The van der Waals surface area contributed by atoms with Crippen molar-refractivity contribution in [2.75, 3.05) is 20.3 Å². The largest absolute Gasteiger partial charge is 0.490 e. The van der Waals surface area contributed by atoms with Crippen molar-refractivity contribution in [3.8, 4) is 11.5 Å². The van der Waals surface area contributed by atoms with Crippen LogP contribution in [0.15, 0.2) is 48.5 Å². The molecule has 0 bridgehead atoms. The molecule has 0 radical (unpaired) electrons. The predicted molar refractivity (Wildman–Crippen MR) is 107 cm³/mol. The summed E-state index contributed by atoms with van der Waals surface area (Å²) >= 11 is 0. The van der Waals surface area contributed by atoms with Gasteiger partial charge >= 0.3 is 5.97 Å². The minimum atomic E-state index is -0.962. The van der Waals surface area contributed by atoms with Crippen molar-refractivity contribution in [1.82, 2.24) is 0 Å². The number of rotatable bonds is 10. The van der Waals surface area contributed by atoms with Crippen LogP contribution >= 0.6 is 0 Å². The molecule has 3 rings (SSSR count). The van der Waals surface area contributed by atoms with Crippen molar-refractivity contribution < 1.29 is 24.1 Å². The van der Waals surface area contributed by atoms with Gasteiger partial charge in [0.1, 0.15) is 24.7 Å². The highest BCUT2D eigenvalue weighted by Gasteiger charge is 2.17. The van der Waals surface area contributed by atoms with E-state index in [-0.39, 0.29) is 0 Å². The summed E-state index contributed by atoms with van der Waals surface area (Å²) in [4.78, 5) is 11.0. The van der Waals surface area contributed by atoms with Gasteiger partial charge in [-0.3, -0.25) is 0 Å². The summed E-state index contributed by atoms with van der Waals surface area (Å²) in [5.41, 5.74) is 2.31. The van der Waals surface area contributed by atoms with Crippen LogP contribution in [0.25, 0.3) is 0 Å². The van der Waals surface area contributed by atoms with E-state index in [2.05, 4.69) is 12.1 Å². The second kappa shape index (κ2) is 10.1.